The Balaban J connectivity index is 1.71. The van der Waals surface area contributed by atoms with Crippen LogP contribution in [0.4, 0.5) is 9.18 Å². The van der Waals surface area contributed by atoms with Crippen LogP contribution in [-0.2, 0) is 11.2 Å². The van der Waals surface area contributed by atoms with Crippen LogP contribution in [0.25, 0.3) is 16.7 Å². The van der Waals surface area contributed by atoms with E-state index in [2.05, 4.69) is 10.3 Å². The normalized spacial score (nSPS) is 13.4. The molecule has 2 N–H and O–H groups in total. The summed E-state index contributed by atoms with van der Waals surface area (Å²) in [6.07, 6.45) is 2.31. The lowest BCUT2D eigenvalue weighted by atomic mass is 10.1. The van der Waals surface area contributed by atoms with Crippen molar-refractivity contribution >= 4 is 28.7 Å². The zero-order valence-corrected chi connectivity index (χ0v) is 16.6. The molecule has 1 aliphatic rings. The number of para-hydroxylation sites is 1. The number of nitrogens with zero attached hydrogens (tertiary/aromatic N) is 1. The first kappa shape index (κ1) is 19.7. The Morgan fingerprint density at radius 2 is 1.93 bits per heavy atom. The number of aromatic amines is 1. The number of ether oxygens (including phenoxy) is 1. The lowest BCUT2D eigenvalue weighted by Crippen LogP contribution is -2.28. The molecule has 4 rings (SSSR count). The molecule has 0 bridgehead atoms. The van der Waals surface area contributed by atoms with Crippen LogP contribution >= 0.6 is 0 Å². The Labute approximate surface area is 173 Å². The number of aromatic nitrogens is 1. The summed E-state index contributed by atoms with van der Waals surface area (Å²) in [4.78, 5) is 30.1. The van der Waals surface area contributed by atoms with Crippen LogP contribution in [-0.4, -0.2) is 35.0 Å². The molecule has 0 spiro atoms. The number of halogens is 1. The summed E-state index contributed by atoms with van der Waals surface area (Å²) >= 11 is 0. The van der Waals surface area contributed by atoms with Gasteiger partial charge in [-0.25, -0.2) is 9.18 Å². The summed E-state index contributed by atoms with van der Waals surface area (Å²) in [6.45, 7) is 2.84. The molecule has 1 aromatic heterocycles. The number of H-pyrrole nitrogens is 1. The van der Waals surface area contributed by atoms with Crippen molar-refractivity contribution < 1.29 is 18.7 Å². The molecular weight excluding hydrogens is 385 g/mol. The molecule has 1 aliphatic heterocycles. The van der Waals surface area contributed by atoms with E-state index in [1.54, 1.807) is 6.20 Å². The first-order valence-electron chi connectivity index (χ1n) is 9.91. The van der Waals surface area contributed by atoms with Gasteiger partial charge in [-0.05, 0) is 48.7 Å². The molecule has 0 radical (unpaired) electrons. The van der Waals surface area contributed by atoms with Crippen LogP contribution in [0, 0.1) is 5.82 Å². The number of carbonyl (C=O) groups is 2. The quantitative estimate of drug-likeness (QED) is 0.671. The topological polar surface area (TPSA) is 74.4 Å². The van der Waals surface area contributed by atoms with E-state index in [0.29, 0.717) is 30.8 Å². The van der Waals surface area contributed by atoms with Crippen LogP contribution in [0.2, 0.25) is 0 Å². The van der Waals surface area contributed by atoms with E-state index >= 15 is 0 Å². The molecule has 30 heavy (non-hydrogen) atoms. The minimum absolute atomic E-state index is 0.266. The molecule has 2 heterocycles. The Morgan fingerprint density at radius 3 is 2.70 bits per heavy atom. The number of amides is 2. The zero-order chi connectivity index (χ0) is 21.1. The van der Waals surface area contributed by atoms with E-state index in [-0.39, 0.29) is 11.7 Å². The molecule has 0 saturated carbocycles. The van der Waals surface area contributed by atoms with E-state index in [0.717, 1.165) is 22.9 Å². The molecule has 7 heteroatoms. The first-order chi connectivity index (χ1) is 14.6. The van der Waals surface area contributed by atoms with Crippen LogP contribution < -0.4 is 5.32 Å². The molecular formula is C23H22FN3O3. The van der Waals surface area contributed by atoms with Crippen LogP contribution in [0.3, 0.4) is 0 Å². The van der Waals surface area contributed by atoms with Gasteiger partial charge in [-0.1, -0.05) is 25.1 Å². The van der Waals surface area contributed by atoms with E-state index in [9.17, 15) is 14.0 Å². The molecule has 6 nitrogen and oxygen atoms in total. The molecule has 0 atom stereocenters. The monoisotopic (exact) mass is 407 g/mol. The Bertz CT molecular complexity index is 1120. The van der Waals surface area contributed by atoms with E-state index in [1.165, 1.54) is 29.2 Å². The molecule has 154 valence electrons. The molecule has 2 aromatic carbocycles. The summed E-state index contributed by atoms with van der Waals surface area (Å²) in [5.41, 5.74) is 2.95. The highest BCUT2D eigenvalue weighted by Crippen LogP contribution is 2.31. The van der Waals surface area contributed by atoms with E-state index in [1.807, 2.05) is 31.2 Å². The fourth-order valence-electron chi connectivity index (χ4n) is 3.53. The number of alkyl carbamates (subject to hydrolysis) is 1. The second-order valence-corrected chi connectivity index (χ2v) is 7.09. The van der Waals surface area contributed by atoms with Crippen molar-refractivity contribution in [2.75, 3.05) is 13.1 Å². The number of carbonyl (C=O) groups excluding carboxylic acids is 2. The van der Waals surface area contributed by atoms with Gasteiger partial charge in [0.05, 0.1) is 11.9 Å². The van der Waals surface area contributed by atoms with Crippen molar-refractivity contribution in [1.82, 2.24) is 15.2 Å². The average Bonchev–Trinajstić information content (AvgIpc) is 3.04. The van der Waals surface area contributed by atoms with Crippen molar-refractivity contribution in [3.63, 3.8) is 0 Å². The Morgan fingerprint density at radius 1 is 1.17 bits per heavy atom. The van der Waals surface area contributed by atoms with Gasteiger partial charge in [0.2, 0.25) is 0 Å². The smallest absolute Gasteiger partial charge is 0.407 e. The highest BCUT2D eigenvalue weighted by atomic mass is 19.1. The van der Waals surface area contributed by atoms with Gasteiger partial charge in [-0.2, -0.15) is 0 Å². The van der Waals surface area contributed by atoms with Gasteiger partial charge < -0.3 is 19.9 Å². The summed E-state index contributed by atoms with van der Waals surface area (Å²) in [5, 5.41) is 3.71. The van der Waals surface area contributed by atoms with E-state index < -0.39 is 11.9 Å². The Kier molecular flexibility index (Phi) is 5.52. The van der Waals surface area contributed by atoms with Crippen molar-refractivity contribution in [2.24, 2.45) is 0 Å². The SMILES string of the molecule is CCCNC(=O)OC1=CN(C(=O)c2ccc(F)cc2)CCc2c1[nH]c1ccccc21. The third-order valence-corrected chi connectivity index (χ3v) is 5.01. The third kappa shape index (κ3) is 3.91. The fraction of sp³-hybridized carbons (Fsp3) is 0.217. The summed E-state index contributed by atoms with van der Waals surface area (Å²) in [6, 6.07) is 13.2. The van der Waals surface area contributed by atoms with E-state index in [4.69, 9.17) is 4.74 Å². The van der Waals surface area contributed by atoms with Crippen LogP contribution in [0.15, 0.2) is 54.7 Å². The van der Waals surface area contributed by atoms with Crippen LogP contribution in [0.5, 0.6) is 0 Å². The highest BCUT2D eigenvalue weighted by Gasteiger charge is 2.25. The predicted octanol–water partition coefficient (Wildman–Crippen LogP) is 4.44. The maximum atomic E-state index is 13.2. The molecule has 0 unspecified atom stereocenters. The fourth-order valence-corrected chi connectivity index (χ4v) is 3.53. The van der Waals surface area contributed by atoms with Crippen molar-refractivity contribution in [2.45, 2.75) is 19.8 Å². The van der Waals surface area contributed by atoms with Gasteiger partial charge in [-0.3, -0.25) is 4.79 Å². The van der Waals surface area contributed by atoms with Gasteiger partial charge in [0.15, 0.2) is 5.76 Å². The van der Waals surface area contributed by atoms with Gasteiger partial charge in [0, 0.05) is 29.6 Å². The lowest BCUT2D eigenvalue weighted by molar-refractivity contribution is 0.0822. The number of fused-ring (bicyclic) bond motifs is 3. The predicted molar refractivity (Wildman–Crippen MR) is 112 cm³/mol. The lowest BCUT2D eigenvalue weighted by Gasteiger charge is -2.18. The number of hydrogen-bond acceptors (Lipinski definition) is 3. The zero-order valence-electron chi connectivity index (χ0n) is 16.6. The first-order valence-corrected chi connectivity index (χ1v) is 9.91. The summed E-state index contributed by atoms with van der Waals surface area (Å²) in [7, 11) is 0. The number of nitrogens with one attached hydrogen (secondary N) is 2. The standard InChI is InChI=1S/C23H22FN3O3/c1-2-12-25-23(29)30-20-14-27(22(28)15-7-9-16(24)10-8-15)13-11-18-17-5-3-4-6-19(17)26-21(18)20/h3-10,14,26H,2,11-13H2,1H3,(H,25,29). The second-order valence-electron chi connectivity index (χ2n) is 7.09. The molecule has 2 amide bonds. The van der Waals surface area contributed by atoms with Gasteiger partial charge in [0.25, 0.3) is 5.91 Å². The van der Waals surface area contributed by atoms with Crippen molar-refractivity contribution in [3.05, 3.63) is 77.4 Å². The van der Waals surface area contributed by atoms with Gasteiger partial charge in [-0.15, -0.1) is 0 Å². The minimum Gasteiger partial charge on any atom is -0.407 e. The number of rotatable bonds is 4. The summed E-state index contributed by atoms with van der Waals surface area (Å²) in [5.74, 6) is -0.432. The molecule has 0 saturated heterocycles. The maximum Gasteiger partial charge on any atom is 0.412 e. The average molecular weight is 407 g/mol. The van der Waals surface area contributed by atoms with Crippen LogP contribution in [0.1, 0.15) is 35.0 Å². The van der Waals surface area contributed by atoms with Gasteiger partial charge >= 0.3 is 6.09 Å². The molecule has 0 fully saturated rings. The maximum absolute atomic E-state index is 13.2. The number of hydrogen-bond donors (Lipinski definition) is 2. The minimum atomic E-state index is -0.580. The largest absolute Gasteiger partial charge is 0.412 e. The Hall–Kier alpha value is -3.61. The highest BCUT2D eigenvalue weighted by molar-refractivity contribution is 5.97. The summed E-state index contributed by atoms with van der Waals surface area (Å²) < 4.78 is 18.8. The molecule has 0 aliphatic carbocycles. The third-order valence-electron chi connectivity index (χ3n) is 5.01. The number of benzene rings is 2. The molecule has 3 aromatic rings. The second kappa shape index (κ2) is 8.41. The van der Waals surface area contributed by atoms with Crippen molar-refractivity contribution in [3.8, 4) is 0 Å². The van der Waals surface area contributed by atoms with Crippen molar-refractivity contribution in [1.29, 1.82) is 0 Å². The van der Waals surface area contributed by atoms with Gasteiger partial charge in [0.1, 0.15) is 5.82 Å².